The molecule has 0 bridgehead atoms. The van der Waals surface area contributed by atoms with Crippen LogP contribution in [0.3, 0.4) is 0 Å². The lowest BCUT2D eigenvalue weighted by molar-refractivity contribution is -0.160. The van der Waals surface area contributed by atoms with Gasteiger partial charge >= 0.3 is 12.1 Å². The maximum Gasteiger partial charge on any atom is 0.391 e. The summed E-state index contributed by atoms with van der Waals surface area (Å²) in [5.41, 5.74) is 0.824. The number of piperidine rings is 1. The summed E-state index contributed by atoms with van der Waals surface area (Å²) in [6.45, 7) is 0.524. The molecule has 1 saturated heterocycles. The lowest BCUT2D eigenvalue weighted by atomic mass is 9.96. The predicted octanol–water partition coefficient (Wildman–Crippen LogP) is 1.99. The second-order valence-electron chi connectivity index (χ2n) is 6.56. The molecule has 27 heavy (non-hydrogen) atoms. The number of alkyl halides is 3. The maximum absolute atomic E-state index is 12.5. The molecule has 2 unspecified atom stereocenters. The third-order valence-electron chi connectivity index (χ3n) is 4.39. The number of aliphatic carboxylic acids is 1. The van der Waals surface area contributed by atoms with Crippen LogP contribution in [0.15, 0.2) is 30.3 Å². The molecule has 9 heteroatoms. The molecule has 1 heterocycles. The van der Waals surface area contributed by atoms with Crippen molar-refractivity contribution < 1.29 is 32.7 Å². The molecular weight excluding hydrogens is 365 g/mol. The van der Waals surface area contributed by atoms with E-state index in [1.165, 1.54) is 4.90 Å². The fourth-order valence-electron chi connectivity index (χ4n) is 3.02. The molecule has 0 spiro atoms. The van der Waals surface area contributed by atoms with Gasteiger partial charge in [-0.1, -0.05) is 30.3 Å². The van der Waals surface area contributed by atoms with Crippen LogP contribution in [0.2, 0.25) is 0 Å². The zero-order valence-electron chi connectivity index (χ0n) is 14.5. The largest absolute Gasteiger partial charge is 0.480 e. The monoisotopic (exact) mass is 386 g/mol. The highest BCUT2D eigenvalue weighted by molar-refractivity contribution is 5.86. The quantitative estimate of drug-likeness (QED) is 0.783. The minimum absolute atomic E-state index is 0.0653. The fourth-order valence-corrected chi connectivity index (χ4v) is 3.02. The Kier molecular flexibility index (Phi) is 6.81. The molecule has 0 radical (unpaired) electrons. The number of halogens is 3. The van der Waals surface area contributed by atoms with E-state index in [0.29, 0.717) is 19.4 Å². The highest BCUT2D eigenvalue weighted by Gasteiger charge is 2.38. The Hall–Kier alpha value is -2.58. The number of nitrogens with one attached hydrogen (secondary N) is 1. The molecule has 148 valence electrons. The summed E-state index contributed by atoms with van der Waals surface area (Å²) >= 11 is 0. The topological polar surface area (TPSA) is 86.7 Å². The van der Waals surface area contributed by atoms with Gasteiger partial charge in [0, 0.05) is 13.1 Å². The van der Waals surface area contributed by atoms with E-state index in [1.807, 2.05) is 23.5 Å². The molecule has 0 aromatic heterocycles. The van der Waals surface area contributed by atoms with Crippen LogP contribution in [-0.2, 0) is 20.8 Å². The molecule has 6 nitrogen and oxygen atoms in total. The molecule has 1 aliphatic heterocycles. The van der Waals surface area contributed by atoms with Crippen LogP contribution in [0.4, 0.5) is 13.2 Å². The normalized spacial score (nSPS) is 18.6. The van der Waals surface area contributed by atoms with Crippen LogP contribution in [0.1, 0.15) is 24.8 Å². The molecule has 1 fully saturated rings. The van der Waals surface area contributed by atoms with Gasteiger partial charge in [-0.3, -0.25) is 9.59 Å². The standard InChI is InChI=1S/C18H21F3N2O4/c19-18(20,21)10-14(17(26)27)22-16(25)13-7-4-8-23(11-13)15(24)9-12-5-2-1-3-6-12/h1-3,5-6,13-14H,4,7-11H2,(H,22,25)(H,26,27). The molecule has 2 amide bonds. The summed E-state index contributed by atoms with van der Waals surface area (Å²) in [6, 6.07) is 7.02. The first-order valence-corrected chi connectivity index (χ1v) is 8.57. The average molecular weight is 386 g/mol. The highest BCUT2D eigenvalue weighted by Crippen LogP contribution is 2.23. The van der Waals surface area contributed by atoms with Crippen molar-refractivity contribution in [3.05, 3.63) is 35.9 Å². The lowest BCUT2D eigenvalue weighted by Gasteiger charge is -2.32. The van der Waals surface area contributed by atoms with E-state index in [2.05, 4.69) is 0 Å². The van der Waals surface area contributed by atoms with Crippen molar-refractivity contribution >= 4 is 17.8 Å². The minimum atomic E-state index is -4.71. The van der Waals surface area contributed by atoms with E-state index in [4.69, 9.17) is 5.11 Å². The molecule has 2 N–H and O–H groups in total. The summed E-state index contributed by atoms with van der Waals surface area (Å²) in [5.74, 6) is -3.42. The van der Waals surface area contributed by atoms with Crippen molar-refractivity contribution in [1.82, 2.24) is 10.2 Å². The molecule has 0 aliphatic carbocycles. The van der Waals surface area contributed by atoms with Crippen LogP contribution in [0.5, 0.6) is 0 Å². The minimum Gasteiger partial charge on any atom is -0.480 e. The summed E-state index contributed by atoms with van der Waals surface area (Å²) in [4.78, 5) is 37.1. The van der Waals surface area contributed by atoms with Crippen molar-refractivity contribution in [2.24, 2.45) is 5.92 Å². The van der Waals surface area contributed by atoms with E-state index in [0.717, 1.165) is 5.56 Å². The smallest absolute Gasteiger partial charge is 0.391 e. The number of carboxylic acid groups (broad SMARTS) is 1. The molecule has 1 aromatic carbocycles. The van der Waals surface area contributed by atoms with Gasteiger partial charge in [-0.2, -0.15) is 13.2 Å². The van der Waals surface area contributed by atoms with Gasteiger partial charge in [-0.25, -0.2) is 4.79 Å². The number of nitrogens with zero attached hydrogens (tertiary/aromatic N) is 1. The van der Waals surface area contributed by atoms with E-state index in [-0.39, 0.29) is 18.9 Å². The number of carbonyl (C=O) groups excluding carboxylic acids is 2. The Balaban J connectivity index is 1.94. The molecule has 0 saturated carbocycles. The van der Waals surface area contributed by atoms with Crippen molar-refractivity contribution in [3.63, 3.8) is 0 Å². The van der Waals surface area contributed by atoms with Crippen LogP contribution in [0, 0.1) is 5.92 Å². The number of rotatable bonds is 6. The number of hydrogen-bond donors (Lipinski definition) is 2. The van der Waals surface area contributed by atoms with Crippen LogP contribution in [-0.4, -0.2) is 53.1 Å². The summed E-state index contributed by atoms with van der Waals surface area (Å²) in [7, 11) is 0. The Labute approximate surface area is 154 Å². The number of carboxylic acids is 1. The molecular formula is C18H21F3N2O4. The number of carbonyl (C=O) groups is 3. The highest BCUT2D eigenvalue weighted by atomic mass is 19.4. The summed E-state index contributed by atoms with van der Waals surface area (Å²) in [6.07, 6.45) is -5.27. The van der Waals surface area contributed by atoms with E-state index >= 15 is 0 Å². The van der Waals surface area contributed by atoms with E-state index in [1.54, 1.807) is 12.1 Å². The maximum atomic E-state index is 12.5. The van der Waals surface area contributed by atoms with Crippen molar-refractivity contribution in [1.29, 1.82) is 0 Å². The predicted molar refractivity (Wildman–Crippen MR) is 89.7 cm³/mol. The van der Waals surface area contributed by atoms with Gasteiger partial charge in [0.05, 0.1) is 18.8 Å². The second-order valence-corrected chi connectivity index (χ2v) is 6.56. The molecule has 2 rings (SSSR count). The van der Waals surface area contributed by atoms with Crippen LogP contribution >= 0.6 is 0 Å². The van der Waals surface area contributed by atoms with Crippen molar-refractivity contribution in [2.45, 2.75) is 37.9 Å². The Morgan fingerprint density at radius 3 is 2.48 bits per heavy atom. The first kappa shape index (κ1) is 20.7. The van der Waals surface area contributed by atoms with Gasteiger partial charge in [0.15, 0.2) is 0 Å². The first-order chi connectivity index (χ1) is 12.7. The van der Waals surface area contributed by atoms with Crippen LogP contribution in [0.25, 0.3) is 0 Å². The summed E-state index contributed by atoms with van der Waals surface area (Å²) < 4.78 is 37.4. The van der Waals surface area contributed by atoms with Crippen molar-refractivity contribution in [3.8, 4) is 0 Å². The third kappa shape index (κ3) is 6.58. The first-order valence-electron chi connectivity index (χ1n) is 8.57. The Bertz CT molecular complexity index is 679. The zero-order chi connectivity index (χ0) is 20.0. The number of likely N-dealkylation sites (tertiary alicyclic amines) is 1. The second kappa shape index (κ2) is 8.88. The molecule has 2 atom stereocenters. The Morgan fingerprint density at radius 2 is 1.89 bits per heavy atom. The zero-order valence-corrected chi connectivity index (χ0v) is 14.5. The fraction of sp³-hybridized carbons (Fsp3) is 0.500. The molecule has 1 aliphatic rings. The van der Waals surface area contributed by atoms with Crippen molar-refractivity contribution in [2.75, 3.05) is 13.1 Å². The van der Waals surface area contributed by atoms with Gasteiger partial charge in [0.2, 0.25) is 11.8 Å². The molecule has 1 aromatic rings. The van der Waals surface area contributed by atoms with E-state index < -0.39 is 36.4 Å². The van der Waals surface area contributed by atoms with Gasteiger partial charge in [0.25, 0.3) is 0 Å². The van der Waals surface area contributed by atoms with E-state index in [9.17, 15) is 27.6 Å². The summed E-state index contributed by atoms with van der Waals surface area (Å²) in [5, 5.41) is 10.9. The van der Waals surface area contributed by atoms with Gasteiger partial charge in [-0.05, 0) is 18.4 Å². The van der Waals surface area contributed by atoms with Gasteiger partial charge in [-0.15, -0.1) is 0 Å². The van der Waals surface area contributed by atoms with Gasteiger partial charge in [0.1, 0.15) is 6.04 Å². The third-order valence-corrected chi connectivity index (χ3v) is 4.39. The average Bonchev–Trinajstić information content (AvgIpc) is 2.61. The Morgan fingerprint density at radius 1 is 1.22 bits per heavy atom. The van der Waals surface area contributed by atoms with Crippen LogP contribution < -0.4 is 5.32 Å². The number of benzene rings is 1. The number of amides is 2. The SMILES string of the molecule is O=C(NC(CC(F)(F)F)C(=O)O)C1CCCN(C(=O)Cc2ccccc2)C1. The number of hydrogen-bond acceptors (Lipinski definition) is 3. The lowest BCUT2D eigenvalue weighted by Crippen LogP contribution is -2.50. The van der Waals surface area contributed by atoms with Gasteiger partial charge < -0.3 is 15.3 Å².